The van der Waals surface area contributed by atoms with Crippen LogP contribution in [0.4, 0.5) is 0 Å². The van der Waals surface area contributed by atoms with E-state index in [4.69, 9.17) is 4.74 Å². The minimum Gasteiger partial charge on any atom is -0.466 e. The molecule has 2 atom stereocenters. The van der Waals surface area contributed by atoms with Crippen LogP contribution in [0.1, 0.15) is 380 Å². The second-order valence-electron chi connectivity index (χ2n) is 23.5. The van der Waals surface area contributed by atoms with Gasteiger partial charge in [0.1, 0.15) is 0 Å². The molecule has 0 bridgehead atoms. The molecule has 0 aromatic heterocycles. The minimum absolute atomic E-state index is 0.0169. The highest BCUT2D eigenvalue weighted by Gasteiger charge is 2.18. The lowest BCUT2D eigenvalue weighted by Gasteiger charge is -2.20. The first-order valence-electron chi connectivity index (χ1n) is 34.1. The van der Waals surface area contributed by atoms with E-state index in [9.17, 15) is 19.8 Å². The van der Waals surface area contributed by atoms with Gasteiger partial charge in [0.2, 0.25) is 5.91 Å². The lowest BCUT2D eigenvalue weighted by Crippen LogP contribution is -2.45. The molecule has 444 valence electrons. The third kappa shape index (κ3) is 61.4. The first kappa shape index (κ1) is 73.3. The van der Waals surface area contributed by atoms with Crippen LogP contribution >= 0.6 is 0 Å². The van der Waals surface area contributed by atoms with Gasteiger partial charge in [-0.2, -0.15) is 0 Å². The maximum absolute atomic E-state index is 12.5. The van der Waals surface area contributed by atoms with Crippen LogP contribution in [0.25, 0.3) is 0 Å². The average Bonchev–Trinajstić information content (AvgIpc) is 3.41. The molecule has 1 amide bonds. The topological polar surface area (TPSA) is 95.9 Å². The SMILES string of the molecule is CCCCCCCCCCCCCCCCC/C=C/C(O)C(CO)NC(=O)CCCCCCCCCCCCCCCC/C=C\CCCCCCCCCCCCCCOC(=O)CCCCCCCCCCCCC. The number of hydrogen-bond donors (Lipinski definition) is 3. The molecule has 0 aliphatic carbocycles. The van der Waals surface area contributed by atoms with E-state index in [0.29, 0.717) is 19.4 Å². The molecule has 75 heavy (non-hydrogen) atoms. The Balaban J connectivity index is 3.39. The molecular weight excluding hydrogens is 923 g/mol. The molecule has 0 saturated carbocycles. The summed E-state index contributed by atoms with van der Waals surface area (Å²) in [4.78, 5) is 24.5. The fraction of sp³-hybridized carbons (Fsp3) is 0.913. The lowest BCUT2D eigenvalue weighted by molar-refractivity contribution is -0.143. The van der Waals surface area contributed by atoms with E-state index in [1.54, 1.807) is 6.08 Å². The van der Waals surface area contributed by atoms with Crippen molar-refractivity contribution in [1.29, 1.82) is 0 Å². The van der Waals surface area contributed by atoms with Gasteiger partial charge in [-0.1, -0.05) is 334 Å². The Morgan fingerprint density at radius 1 is 0.360 bits per heavy atom. The number of aliphatic hydroxyl groups is 2. The van der Waals surface area contributed by atoms with Gasteiger partial charge in [-0.25, -0.2) is 0 Å². The predicted molar refractivity (Wildman–Crippen MR) is 329 cm³/mol. The van der Waals surface area contributed by atoms with Gasteiger partial charge < -0.3 is 20.3 Å². The fourth-order valence-corrected chi connectivity index (χ4v) is 10.7. The van der Waals surface area contributed by atoms with Crippen LogP contribution in [0.3, 0.4) is 0 Å². The van der Waals surface area contributed by atoms with Crippen LogP contribution in [0.2, 0.25) is 0 Å². The van der Waals surface area contributed by atoms with Crippen molar-refractivity contribution in [2.45, 2.75) is 392 Å². The first-order chi connectivity index (χ1) is 37.0. The van der Waals surface area contributed by atoms with E-state index < -0.39 is 12.1 Å². The first-order valence-corrected chi connectivity index (χ1v) is 34.1. The standard InChI is InChI=1S/C69H133NO5/c1-3-5-7-9-11-13-15-16-17-32-35-38-42-45-49-53-57-61-67(72)66(65-71)70-68(73)62-58-54-50-46-43-39-36-33-30-28-26-24-22-20-18-19-21-23-25-27-29-31-34-37-40-44-48-52-56-60-64-75-69(74)63-59-55-51-47-41-14-12-10-8-6-4-2/h19,21,57,61,66-67,71-72H,3-18,20,22-56,58-60,62-65H2,1-2H3,(H,70,73)/b21-19-,61-57+. The van der Waals surface area contributed by atoms with E-state index >= 15 is 0 Å². The van der Waals surface area contributed by atoms with Crippen LogP contribution in [0, 0.1) is 0 Å². The van der Waals surface area contributed by atoms with Gasteiger partial charge in [-0.3, -0.25) is 9.59 Å². The van der Waals surface area contributed by atoms with Crippen LogP contribution < -0.4 is 5.32 Å². The number of nitrogens with one attached hydrogen (secondary N) is 1. The zero-order valence-electron chi connectivity index (χ0n) is 50.8. The summed E-state index contributed by atoms with van der Waals surface area (Å²) < 4.78 is 5.47. The average molecular weight is 1060 g/mol. The van der Waals surface area contributed by atoms with Gasteiger partial charge in [0, 0.05) is 12.8 Å². The molecule has 0 spiro atoms. The Labute approximate surface area is 469 Å². The molecule has 0 radical (unpaired) electrons. The van der Waals surface area contributed by atoms with Crippen molar-refractivity contribution < 1.29 is 24.5 Å². The van der Waals surface area contributed by atoms with Crippen molar-refractivity contribution in [1.82, 2.24) is 5.32 Å². The quantitative estimate of drug-likeness (QED) is 0.0320. The summed E-state index contributed by atoms with van der Waals surface area (Å²) in [6, 6.07) is -0.626. The molecule has 0 rings (SSSR count). The molecule has 2 unspecified atom stereocenters. The predicted octanol–water partition coefficient (Wildman–Crippen LogP) is 21.8. The van der Waals surface area contributed by atoms with Crippen LogP contribution in [0.5, 0.6) is 0 Å². The smallest absolute Gasteiger partial charge is 0.305 e. The van der Waals surface area contributed by atoms with Gasteiger partial charge in [0.15, 0.2) is 0 Å². The second-order valence-corrected chi connectivity index (χ2v) is 23.5. The highest BCUT2D eigenvalue weighted by atomic mass is 16.5. The zero-order valence-corrected chi connectivity index (χ0v) is 50.8. The Morgan fingerprint density at radius 3 is 0.947 bits per heavy atom. The molecule has 0 aliphatic heterocycles. The number of hydrogen-bond acceptors (Lipinski definition) is 5. The number of carbonyl (C=O) groups is 2. The zero-order chi connectivity index (χ0) is 54.3. The molecule has 0 aromatic rings. The summed E-state index contributed by atoms with van der Waals surface area (Å²) in [6.45, 7) is 4.93. The fourth-order valence-electron chi connectivity index (χ4n) is 10.7. The minimum atomic E-state index is -0.843. The number of rotatable bonds is 64. The van der Waals surface area contributed by atoms with Gasteiger partial charge in [-0.15, -0.1) is 0 Å². The molecule has 6 nitrogen and oxygen atoms in total. The second kappa shape index (κ2) is 64.9. The normalized spacial score (nSPS) is 12.6. The summed E-state index contributed by atoms with van der Waals surface area (Å²) in [5, 5.41) is 23.2. The molecule has 0 saturated heterocycles. The number of unbranched alkanes of at least 4 members (excludes halogenated alkanes) is 51. The van der Waals surface area contributed by atoms with Crippen LogP contribution in [-0.2, 0) is 14.3 Å². The van der Waals surface area contributed by atoms with Crippen LogP contribution in [-0.4, -0.2) is 47.4 Å². The third-order valence-corrected chi connectivity index (χ3v) is 16.0. The highest BCUT2D eigenvalue weighted by Crippen LogP contribution is 2.18. The Morgan fingerprint density at radius 2 is 0.627 bits per heavy atom. The number of allylic oxidation sites excluding steroid dienone is 3. The van der Waals surface area contributed by atoms with Crippen molar-refractivity contribution in [2.24, 2.45) is 0 Å². The molecule has 0 aromatic carbocycles. The number of amides is 1. The van der Waals surface area contributed by atoms with Crippen molar-refractivity contribution in [3.05, 3.63) is 24.3 Å². The number of esters is 1. The summed E-state index contributed by atoms with van der Waals surface area (Å²) in [7, 11) is 0. The maximum atomic E-state index is 12.5. The van der Waals surface area contributed by atoms with Crippen molar-refractivity contribution >= 4 is 11.9 Å². The lowest BCUT2D eigenvalue weighted by atomic mass is 10.0. The Kier molecular flexibility index (Phi) is 63.4. The molecule has 0 fully saturated rings. The van der Waals surface area contributed by atoms with Gasteiger partial charge in [-0.05, 0) is 57.8 Å². The largest absolute Gasteiger partial charge is 0.466 e. The van der Waals surface area contributed by atoms with E-state index in [0.717, 1.165) is 38.5 Å². The number of ether oxygens (including phenoxy) is 1. The number of aliphatic hydroxyl groups excluding tert-OH is 2. The maximum Gasteiger partial charge on any atom is 0.305 e. The van der Waals surface area contributed by atoms with E-state index in [1.807, 2.05) is 6.08 Å². The Hall–Kier alpha value is -1.66. The van der Waals surface area contributed by atoms with Crippen molar-refractivity contribution in [3.63, 3.8) is 0 Å². The number of carbonyl (C=O) groups excluding carboxylic acids is 2. The van der Waals surface area contributed by atoms with E-state index in [2.05, 4.69) is 31.3 Å². The van der Waals surface area contributed by atoms with Gasteiger partial charge in [0.05, 0.1) is 25.4 Å². The van der Waals surface area contributed by atoms with Gasteiger partial charge in [0.25, 0.3) is 0 Å². The van der Waals surface area contributed by atoms with E-state index in [1.165, 1.54) is 315 Å². The molecular formula is C69H133NO5. The summed E-state index contributed by atoms with van der Waals surface area (Å²) in [6.07, 6.45) is 81.1. The molecule has 6 heteroatoms. The van der Waals surface area contributed by atoms with Crippen LogP contribution in [0.15, 0.2) is 24.3 Å². The summed E-state index contributed by atoms with van der Waals surface area (Å²) in [5.74, 6) is -0.0466. The Bertz CT molecular complexity index is 1170. The van der Waals surface area contributed by atoms with Crippen molar-refractivity contribution in [2.75, 3.05) is 13.2 Å². The summed E-state index contributed by atoms with van der Waals surface area (Å²) >= 11 is 0. The summed E-state index contributed by atoms with van der Waals surface area (Å²) in [5.41, 5.74) is 0. The molecule has 0 heterocycles. The molecule has 3 N–H and O–H groups in total. The monoisotopic (exact) mass is 1060 g/mol. The highest BCUT2D eigenvalue weighted by molar-refractivity contribution is 5.76. The molecule has 0 aliphatic rings. The van der Waals surface area contributed by atoms with Gasteiger partial charge >= 0.3 is 5.97 Å². The van der Waals surface area contributed by atoms with Crippen molar-refractivity contribution in [3.8, 4) is 0 Å². The van der Waals surface area contributed by atoms with E-state index in [-0.39, 0.29) is 18.5 Å². The third-order valence-electron chi connectivity index (χ3n) is 16.0.